The zero-order valence-electron chi connectivity index (χ0n) is 12.5. The molecule has 0 aliphatic rings. The van der Waals surface area contributed by atoms with Gasteiger partial charge in [-0.2, -0.15) is 0 Å². The smallest absolute Gasteiger partial charge is 0.244 e. The van der Waals surface area contributed by atoms with Crippen LogP contribution in [0, 0.1) is 0 Å². The summed E-state index contributed by atoms with van der Waals surface area (Å²) >= 11 is 0. The molecule has 0 fully saturated rings. The van der Waals surface area contributed by atoms with Crippen molar-refractivity contribution in [3.8, 4) is 5.75 Å². The summed E-state index contributed by atoms with van der Waals surface area (Å²) in [5.74, 6) is 0.689. The molecule has 0 aliphatic carbocycles. The van der Waals surface area contributed by atoms with Crippen molar-refractivity contribution >= 4 is 17.5 Å². The van der Waals surface area contributed by atoms with E-state index in [-0.39, 0.29) is 24.9 Å². The van der Waals surface area contributed by atoms with E-state index in [9.17, 15) is 9.59 Å². The molecule has 1 heterocycles. The van der Waals surface area contributed by atoms with Gasteiger partial charge in [0.25, 0.3) is 0 Å². The number of ether oxygens (including phenoxy) is 1. The molecule has 6 heteroatoms. The van der Waals surface area contributed by atoms with Gasteiger partial charge in [0.05, 0.1) is 25.6 Å². The quantitative estimate of drug-likeness (QED) is 0.888. The lowest BCUT2D eigenvalue weighted by molar-refractivity contribution is -0.133. The Hall–Kier alpha value is -2.76. The predicted molar refractivity (Wildman–Crippen MR) is 81.4 cm³/mol. The monoisotopic (exact) mass is 302 g/mol. The number of furan rings is 1. The minimum atomic E-state index is -0.300. The number of anilines is 1. The average molecular weight is 302 g/mol. The molecule has 0 radical (unpaired) electrons. The Morgan fingerprint density at radius 3 is 2.64 bits per heavy atom. The Morgan fingerprint density at radius 2 is 2.00 bits per heavy atom. The summed E-state index contributed by atoms with van der Waals surface area (Å²) in [4.78, 5) is 25.2. The van der Waals surface area contributed by atoms with Crippen molar-refractivity contribution in [2.24, 2.45) is 0 Å². The van der Waals surface area contributed by atoms with E-state index in [0.29, 0.717) is 17.2 Å². The molecule has 1 N–H and O–H groups in total. The lowest BCUT2D eigenvalue weighted by Gasteiger charge is -2.19. The summed E-state index contributed by atoms with van der Waals surface area (Å²) in [5.41, 5.74) is 0.566. The van der Waals surface area contributed by atoms with Crippen molar-refractivity contribution in [1.29, 1.82) is 0 Å². The van der Waals surface area contributed by atoms with Crippen molar-refractivity contribution < 1.29 is 18.7 Å². The van der Waals surface area contributed by atoms with Crippen LogP contribution in [0.4, 0.5) is 5.69 Å². The number of para-hydroxylation sites is 2. The van der Waals surface area contributed by atoms with Crippen molar-refractivity contribution in [2.45, 2.75) is 13.5 Å². The van der Waals surface area contributed by atoms with Gasteiger partial charge < -0.3 is 19.4 Å². The summed E-state index contributed by atoms with van der Waals surface area (Å²) in [6, 6.07) is 10.6. The standard InChI is InChI=1S/C16H18N2O4/c1-12(19)18(10-13-6-5-9-22-13)11-16(20)17-14-7-3-4-8-15(14)21-2/h3-9H,10-11H2,1-2H3,(H,17,20). The molecule has 0 saturated heterocycles. The summed E-state index contributed by atoms with van der Waals surface area (Å²) < 4.78 is 10.4. The van der Waals surface area contributed by atoms with Crippen LogP contribution in [0.1, 0.15) is 12.7 Å². The van der Waals surface area contributed by atoms with Gasteiger partial charge >= 0.3 is 0 Å². The number of amides is 2. The number of benzene rings is 1. The highest BCUT2D eigenvalue weighted by atomic mass is 16.5. The Kier molecular flexibility index (Phi) is 5.19. The largest absolute Gasteiger partial charge is 0.495 e. The first-order chi connectivity index (χ1) is 10.6. The van der Waals surface area contributed by atoms with E-state index in [1.165, 1.54) is 25.2 Å². The van der Waals surface area contributed by atoms with E-state index >= 15 is 0 Å². The van der Waals surface area contributed by atoms with Gasteiger partial charge in [0.1, 0.15) is 18.1 Å². The molecule has 116 valence electrons. The molecule has 6 nitrogen and oxygen atoms in total. The van der Waals surface area contributed by atoms with Crippen LogP contribution in [0.15, 0.2) is 47.1 Å². The molecule has 2 rings (SSSR count). The fourth-order valence-corrected chi connectivity index (χ4v) is 1.98. The van der Waals surface area contributed by atoms with E-state index < -0.39 is 0 Å². The number of nitrogens with one attached hydrogen (secondary N) is 1. The van der Waals surface area contributed by atoms with Gasteiger partial charge in [0.15, 0.2) is 0 Å². The van der Waals surface area contributed by atoms with E-state index in [4.69, 9.17) is 9.15 Å². The number of nitrogens with zero attached hydrogens (tertiary/aromatic N) is 1. The summed E-state index contributed by atoms with van der Waals surface area (Å²) in [6.45, 7) is 1.61. The highest BCUT2D eigenvalue weighted by Crippen LogP contribution is 2.22. The van der Waals surface area contributed by atoms with E-state index in [1.54, 1.807) is 30.3 Å². The van der Waals surface area contributed by atoms with Crippen molar-refractivity contribution in [1.82, 2.24) is 4.90 Å². The summed E-state index contributed by atoms with van der Waals surface area (Å²) in [6.07, 6.45) is 1.53. The Morgan fingerprint density at radius 1 is 1.23 bits per heavy atom. The van der Waals surface area contributed by atoms with Gasteiger partial charge in [-0.05, 0) is 24.3 Å². The van der Waals surface area contributed by atoms with Crippen molar-refractivity contribution in [3.05, 3.63) is 48.4 Å². The maximum absolute atomic E-state index is 12.1. The first-order valence-corrected chi connectivity index (χ1v) is 6.81. The van der Waals surface area contributed by atoms with Crippen LogP contribution in [0.3, 0.4) is 0 Å². The number of carbonyl (C=O) groups is 2. The molecule has 1 aromatic carbocycles. The maximum Gasteiger partial charge on any atom is 0.244 e. The first kappa shape index (κ1) is 15.6. The molecular formula is C16H18N2O4. The second kappa shape index (κ2) is 7.31. The average Bonchev–Trinajstić information content (AvgIpc) is 3.00. The number of methoxy groups -OCH3 is 1. The number of hydrogen-bond donors (Lipinski definition) is 1. The Labute approximate surface area is 128 Å². The molecule has 22 heavy (non-hydrogen) atoms. The van der Waals surface area contributed by atoms with Gasteiger partial charge in [-0.15, -0.1) is 0 Å². The number of rotatable bonds is 6. The molecule has 0 unspecified atom stereocenters. The molecule has 0 aliphatic heterocycles. The van der Waals surface area contributed by atoms with E-state index in [2.05, 4.69) is 5.32 Å². The minimum Gasteiger partial charge on any atom is -0.495 e. The third kappa shape index (κ3) is 4.12. The normalized spacial score (nSPS) is 10.1. The summed E-state index contributed by atoms with van der Waals surface area (Å²) in [7, 11) is 1.53. The second-order valence-corrected chi connectivity index (χ2v) is 4.70. The fourth-order valence-electron chi connectivity index (χ4n) is 1.98. The van der Waals surface area contributed by atoms with Gasteiger partial charge in [0, 0.05) is 6.92 Å². The van der Waals surface area contributed by atoms with E-state index in [1.807, 2.05) is 6.07 Å². The minimum absolute atomic E-state index is 0.0614. The molecule has 0 saturated carbocycles. The van der Waals surface area contributed by atoms with Crippen molar-refractivity contribution in [2.75, 3.05) is 19.0 Å². The van der Waals surface area contributed by atoms with Gasteiger partial charge in [0.2, 0.25) is 11.8 Å². The first-order valence-electron chi connectivity index (χ1n) is 6.81. The maximum atomic E-state index is 12.1. The zero-order chi connectivity index (χ0) is 15.9. The molecule has 0 spiro atoms. The Balaban J connectivity index is 2.00. The molecule has 2 aromatic rings. The van der Waals surface area contributed by atoms with Crippen LogP contribution in [-0.4, -0.2) is 30.4 Å². The molecule has 1 aromatic heterocycles. The SMILES string of the molecule is COc1ccccc1NC(=O)CN(Cc1ccco1)C(C)=O. The third-order valence-electron chi connectivity index (χ3n) is 3.09. The third-order valence-corrected chi connectivity index (χ3v) is 3.09. The highest BCUT2D eigenvalue weighted by Gasteiger charge is 2.16. The van der Waals surface area contributed by atoms with Crippen LogP contribution in [0.2, 0.25) is 0 Å². The molecular weight excluding hydrogens is 284 g/mol. The topological polar surface area (TPSA) is 71.8 Å². The van der Waals surface area contributed by atoms with Crippen LogP contribution in [0.25, 0.3) is 0 Å². The Bertz CT molecular complexity index is 637. The van der Waals surface area contributed by atoms with Crippen LogP contribution in [0.5, 0.6) is 5.75 Å². The lowest BCUT2D eigenvalue weighted by atomic mass is 10.3. The van der Waals surface area contributed by atoms with Crippen LogP contribution in [-0.2, 0) is 16.1 Å². The number of carbonyl (C=O) groups excluding carboxylic acids is 2. The van der Waals surface area contributed by atoms with Crippen LogP contribution >= 0.6 is 0 Å². The lowest BCUT2D eigenvalue weighted by Crippen LogP contribution is -2.36. The van der Waals surface area contributed by atoms with Gasteiger partial charge in [-0.3, -0.25) is 9.59 Å². The summed E-state index contributed by atoms with van der Waals surface area (Å²) in [5, 5.41) is 2.74. The zero-order valence-corrected chi connectivity index (χ0v) is 12.5. The van der Waals surface area contributed by atoms with Gasteiger partial charge in [-0.25, -0.2) is 0 Å². The van der Waals surface area contributed by atoms with Crippen molar-refractivity contribution in [3.63, 3.8) is 0 Å². The highest BCUT2D eigenvalue weighted by molar-refractivity contribution is 5.95. The van der Waals surface area contributed by atoms with Crippen LogP contribution < -0.4 is 10.1 Å². The fraction of sp³-hybridized carbons (Fsp3) is 0.250. The number of hydrogen-bond acceptors (Lipinski definition) is 4. The van der Waals surface area contributed by atoms with Gasteiger partial charge in [-0.1, -0.05) is 12.1 Å². The molecule has 2 amide bonds. The van der Waals surface area contributed by atoms with E-state index in [0.717, 1.165) is 0 Å². The molecule has 0 atom stereocenters. The second-order valence-electron chi connectivity index (χ2n) is 4.70. The molecule has 0 bridgehead atoms. The predicted octanol–water partition coefficient (Wildman–Crippen LogP) is 2.28.